The first-order chi connectivity index (χ1) is 9.20. The van der Waals surface area contributed by atoms with Gasteiger partial charge in [-0.2, -0.15) is 0 Å². The summed E-state index contributed by atoms with van der Waals surface area (Å²) >= 11 is 0. The van der Waals surface area contributed by atoms with Gasteiger partial charge >= 0.3 is 0 Å². The van der Waals surface area contributed by atoms with E-state index in [1.807, 2.05) is 12.1 Å². The molecule has 0 saturated heterocycles. The summed E-state index contributed by atoms with van der Waals surface area (Å²) in [7, 11) is 0. The average molecular weight is 261 g/mol. The molecule has 5 N–H and O–H groups in total. The lowest BCUT2D eigenvalue weighted by atomic mass is 9.84. The lowest BCUT2D eigenvalue weighted by molar-refractivity contribution is 0.100. The summed E-state index contributed by atoms with van der Waals surface area (Å²) in [6.45, 7) is 0.641. The molecule has 0 bridgehead atoms. The maximum absolute atomic E-state index is 11.0. The number of carbonyl (C=O) groups excluding carboxylic acids is 1. The second-order valence-corrected chi connectivity index (χ2v) is 5.33. The number of rotatable bonds is 5. The molecule has 104 valence electrons. The highest BCUT2D eigenvalue weighted by atomic mass is 16.1. The van der Waals surface area contributed by atoms with Crippen molar-refractivity contribution in [3.63, 3.8) is 0 Å². The highest BCUT2D eigenvalue weighted by Gasteiger charge is 2.22. The first-order valence-electron chi connectivity index (χ1n) is 7.07. The number of nitrogens with one attached hydrogen (secondary N) is 1. The van der Waals surface area contributed by atoms with Crippen LogP contribution in [0.1, 0.15) is 42.5 Å². The Bertz CT molecular complexity index is 410. The molecule has 1 aromatic rings. The van der Waals surface area contributed by atoms with Crippen molar-refractivity contribution >= 4 is 11.6 Å². The lowest BCUT2D eigenvalue weighted by Gasteiger charge is -2.30. The molecule has 1 aliphatic carbocycles. The van der Waals surface area contributed by atoms with Crippen molar-refractivity contribution in [1.82, 2.24) is 0 Å². The normalized spacial score (nSPS) is 17.9. The minimum absolute atomic E-state index is 0.319. The molecule has 1 fully saturated rings. The summed E-state index contributed by atoms with van der Waals surface area (Å²) in [4.78, 5) is 11.0. The second kappa shape index (κ2) is 6.57. The smallest absolute Gasteiger partial charge is 0.248 e. The molecule has 1 aromatic carbocycles. The van der Waals surface area contributed by atoms with Crippen LogP contribution in [0.4, 0.5) is 5.69 Å². The van der Waals surface area contributed by atoms with E-state index in [2.05, 4.69) is 5.32 Å². The number of nitrogens with two attached hydrogens (primary N) is 2. The highest BCUT2D eigenvalue weighted by Crippen LogP contribution is 2.27. The van der Waals surface area contributed by atoms with Crippen LogP contribution in [0.2, 0.25) is 0 Å². The summed E-state index contributed by atoms with van der Waals surface area (Å²) in [5.41, 5.74) is 12.7. The van der Waals surface area contributed by atoms with Gasteiger partial charge in [0.05, 0.1) is 0 Å². The van der Waals surface area contributed by atoms with Crippen molar-refractivity contribution in [2.45, 2.75) is 38.1 Å². The number of anilines is 1. The van der Waals surface area contributed by atoms with Crippen molar-refractivity contribution in [2.24, 2.45) is 17.4 Å². The molecule has 1 amide bonds. The summed E-state index contributed by atoms with van der Waals surface area (Å²) in [5.74, 6) is 0.267. The van der Waals surface area contributed by atoms with Crippen LogP contribution < -0.4 is 16.8 Å². The Hall–Kier alpha value is -1.55. The molecule has 0 spiro atoms. The molecule has 2 rings (SSSR count). The van der Waals surface area contributed by atoms with Gasteiger partial charge in [-0.1, -0.05) is 19.3 Å². The number of hydrogen-bond donors (Lipinski definition) is 3. The minimum Gasteiger partial charge on any atom is -0.381 e. The van der Waals surface area contributed by atoms with Gasteiger partial charge in [-0.3, -0.25) is 4.79 Å². The van der Waals surface area contributed by atoms with Gasteiger partial charge < -0.3 is 16.8 Å². The summed E-state index contributed by atoms with van der Waals surface area (Å²) in [6, 6.07) is 7.61. The van der Waals surface area contributed by atoms with Crippen LogP contribution in [-0.4, -0.2) is 18.5 Å². The van der Waals surface area contributed by atoms with Crippen LogP contribution in [0, 0.1) is 5.92 Å². The zero-order chi connectivity index (χ0) is 13.7. The summed E-state index contributed by atoms with van der Waals surface area (Å²) < 4.78 is 0. The van der Waals surface area contributed by atoms with E-state index in [-0.39, 0.29) is 0 Å². The maximum atomic E-state index is 11.0. The van der Waals surface area contributed by atoms with E-state index < -0.39 is 5.91 Å². The first-order valence-corrected chi connectivity index (χ1v) is 7.07. The van der Waals surface area contributed by atoms with Gasteiger partial charge in [-0.15, -0.1) is 0 Å². The van der Waals surface area contributed by atoms with Crippen LogP contribution in [-0.2, 0) is 0 Å². The third kappa shape index (κ3) is 3.70. The van der Waals surface area contributed by atoms with Crippen LogP contribution in [0.25, 0.3) is 0 Å². The molecule has 0 aliphatic heterocycles. The van der Waals surface area contributed by atoms with Crippen LogP contribution in [0.5, 0.6) is 0 Å². The third-order valence-corrected chi connectivity index (χ3v) is 3.99. The number of hydrogen-bond acceptors (Lipinski definition) is 3. The van der Waals surface area contributed by atoms with E-state index in [0.29, 0.717) is 24.1 Å². The predicted molar refractivity (Wildman–Crippen MR) is 78.0 cm³/mol. The number of benzene rings is 1. The Morgan fingerprint density at radius 1 is 1.21 bits per heavy atom. The molecule has 0 heterocycles. The van der Waals surface area contributed by atoms with E-state index in [1.54, 1.807) is 12.1 Å². The fourth-order valence-corrected chi connectivity index (χ4v) is 2.85. The highest BCUT2D eigenvalue weighted by molar-refractivity contribution is 5.93. The van der Waals surface area contributed by atoms with Gasteiger partial charge in [0, 0.05) is 23.8 Å². The molecular weight excluding hydrogens is 238 g/mol. The summed E-state index contributed by atoms with van der Waals surface area (Å²) in [6.07, 6.45) is 6.48. The fraction of sp³-hybridized carbons (Fsp3) is 0.533. The monoisotopic (exact) mass is 261 g/mol. The fourth-order valence-electron chi connectivity index (χ4n) is 2.85. The Morgan fingerprint density at radius 2 is 1.84 bits per heavy atom. The van der Waals surface area contributed by atoms with E-state index in [0.717, 1.165) is 5.69 Å². The van der Waals surface area contributed by atoms with Crippen molar-refractivity contribution in [2.75, 3.05) is 11.9 Å². The molecular formula is C15H23N3O. The van der Waals surface area contributed by atoms with Crippen molar-refractivity contribution in [3.8, 4) is 0 Å². The molecule has 0 aromatic heterocycles. The minimum atomic E-state index is -0.394. The number of amides is 1. The van der Waals surface area contributed by atoms with Gasteiger partial charge in [-0.05, 0) is 43.0 Å². The maximum Gasteiger partial charge on any atom is 0.248 e. The van der Waals surface area contributed by atoms with E-state index in [1.165, 1.54) is 32.1 Å². The Kier molecular flexibility index (Phi) is 4.80. The van der Waals surface area contributed by atoms with Crippen molar-refractivity contribution in [3.05, 3.63) is 29.8 Å². The first kappa shape index (κ1) is 13.9. The third-order valence-electron chi connectivity index (χ3n) is 3.99. The second-order valence-electron chi connectivity index (χ2n) is 5.33. The quantitative estimate of drug-likeness (QED) is 0.759. The molecule has 4 heteroatoms. The van der Waals surface area contributed by atoms with Crippen molar-refractivity contribution in [1.29, 1.82) is 0 Å². The molecule has 1 unspecified atom stereocenters. The van der Waals surface area contributed by atoms with Crippen molar-refractivity contribution < 1.29 is 4.79 Å². The van der Waals surface area contributed by atoms with E-state index >= 15 is 0 Å². The van der Waals surface area contributed by atoms with Crippen LogP contribution in [0.15, 0.2) is 24.3 Å². The molecule has 1 atom stereocenters. The molecule has 0 radical (unpaired) electrons. The zero-order valence-corrected chi connectivity index (χ0v) is 11.3. The molecule has 1 saturated carbocycles. The topological polar surface area (TPSA) is 81.1 Å². The summed E-state index contributed by atoms with van der Waals surface area (Å²) in [5, 5.41) is 3.49. The Morgan fingerprint density at radius 3 is 2.37 bits per heavy atom. The average Bonchev–Trinajstić information content (AvgIpc) is 2.46. The van der Waals surface area contributed by atoms with E-state index in [4.69, 9.17) is 11.5 Å². The van der Waals surface area contributed by atoms with Gasteiger partial charge in [0.2, 0.25) is 5.91 Å². The Labute approximate surface area is 114 Å². The Balaban J connectivity index is 1.99. The van der Waals surface area contributed by atoms with Crippen LogP contribution >= 0.6 is 0 Å². The molecule has 1 aliphatic rings. The van der Waals surface area contributed by atoms with Crippen LogP contribution in [0.3, 0.4) is 0 Å². The van der Waals surface area contributed by atoms with Gasteiger partial charge in [0.25, 0.3) is 0 Å². The standard InChI is InChI=1S/C15H23N3O/c16-10-14(11-4-2-1-3-5-11)18-13-8-6-12(7-9-13)15(17)19/h6-9,11,14,18H,1-5,10,16H2,(H2,17,19). The van der Waals surface area contributed by atoms with Gasteiger partial charge in [-0.25, -0.2) is 0 Å². The largest absolute Gasteiger partial charge is 0.381 e. The zero-order valence-electron chi connectivity index (χ0n) is 11.3. The molecule has 4 nitrogen and oxygen atoms in total. The lowest BCUT2D eigenvalue weighted by Crippen LogP contribution is -2.37. The number of primary amides is 1. The van der Waals surface area contributed by atoms with Gasteiger partial charge in [0.1, 0.15) is 0 Å². The van der Waals surface area contributed by atoms with Gasteiger partial charge in [0.15, 0.2) is 0 Å². The SMILES string of the molecule is NCC(Nc1ccc(C(N)=O)cc1)C1CCCCC1. The van der Waals surface area contributed by atoms with E-state index in [9.17, 15) is 4.79 Å². The predicted octanol–water partition coefficient (Wildman–Crippen LogP) is 2.10. The number of carbonyl (C=O) groups is 1. The molecule has 19 heavy (non-hydrogen) atoms.